The molecule has 3 atom stereocenters. The van der Waals surface area contributed by atoms with E-state index in [4.69, 9.17) is 0 Å². The van der Waals surface area contributed by atoms with Crippen LogP contribution in [0.4, 0.5) is 0 Å². The quantitative estimate of drug-likeness (QED) is 0.801. The summed E-state index contributed by atoms with van der Waals surface area (Å²) in [4.78, 5) is 28.9. The van der Waals surface area contributed by atoms with E-state index in [1.807, 2.05) is 4.90 Å². The van der Waals surface area contributed by atoms with Gasteiger partial charge in [0.1, 0.15) is 0 Å². The summed E-state index contributed by atoms with van der Waals surface area (Å²) in [5.41, 5.74) is 2.37. The third-order valence-corrected chi connectivity index (χ3v) is 5.72. The molecule has 1 aromatic rings. The molecule has 0 radical (unpaired) electrons. The number of piperazine rings is 1. The van der Waals surface area contributed by atoms with E-state index >= 15 is 0 Å². The van der Waals surface area contributed by atoms with Crippen LogP contribution in [0.15, 0.2) is 36.4 Å². The molecule has 2 fully saturated rings. The lowest BCUT2D eigenvalue weighted by Crippen LogP contribution is -2.53. The van der Waals surface area contributed by atoms with Crippen LogP contribution in [0.1, 0.15) is 24.0 Å². The number of carbonyl (C=O) groups excluding carboxylic acids is 2. The van der Waals surface area contributed by atoms with Crippen LogP contribution < -0.4 is 0 Å². The van der Waals surface area contributed by atoms with Gasteiger partial charge in [-0.1, -0.05) is 42.0 Å². The van der Waals surface area contributed by atoms with Crippen molar-refractivity contribution in [3.05, 3.63) is 47.5 Å². The van der Waals surface area contributed by atoms with E-state index in [1.165, 1.54) is 5.56 Å². The molecule has 2 bridgehead atoms. The number of allylic oxidation sites excluding steroid dienone is 2. The Bertz CT molecular complexity index is 679. The molecule has 1 aromatic carbocycles. The summed E-state index contributed by atoms with van der Waals surface area (Å²) < 4.78 is 0. The average molecular weight is 324 g/mol. The van der Waals surface area contributed by atoms with Gasteiger partial charge in [0.25, 0.3) is 0 Å². The van der Waals surface area contributed by atoms with E-state index in [-0.39, 0.29) is 24.3 Å². The summed E-state index contributed by atoms with van der Waals surface area (Å²) in [7, 11) is 0. The summed E-state index contributed by atoms with van der Waals surface area (Å²) >= 11 is 0. The summed E-state index contributed by atoms with van der Waals surface area (Å²) in [5, 5.41) is 0. The van der Waals surface area contributed by atoms with Crippen molar-refractivity contribution in [2.45, 2.75) is 26.3 Å². The number of amides is 2. The zero-order valence-corrected chi connectivity index (χ0v) is 14.1. The van der Waals surface area contributed by atoms with Gasteiger partial charge in [0.2, 0.25) is 11.8 Å². The van der Waals surface area contributed by atoms with Crippen LogP contribution in [-0.2, 0) is 16.1 Å². The number of rotatable bonds is 3. The van der Waals surface area contributed by atoms with Gasteiger partial charge < -0.3 is 9.80 Å². The summed E-state index contributed by atoms with van der Waals surface area (Å²) in [6.07, 6.45) is 6.54. The fraction of sp³-hybridized carbons (Fsp3) is 0.500. The van der Waals surface area contributed by atoms with Crippen LogP contribution >= 0.6 is 0 Å². The van der Waals surface area contributed by atoms with Gasteiger partial charge >= 0.3 is 0 Å². The predicted octanol–water partition coefficient (Wildman–Crippen LogP) is 2.38. The molecule has 0 aromatic heterocycles. The fourth-order valence-electron chi connectivity index (χ4n) is 4.28. The first-order valence-electron chi connectivity index (χ1n) is 8.90. The van der Waals surface area contributed by atoms with E-state index < -0.39 is 0 Å². The highest BCUT2D eigenvalue weighted by molar-refractivity contribution is 5.87. The monoisotopic (exact) mass is 324 g/mol. The molecule has 0 spiro atoms. The molecule has 4 nitrogen and oxygen atoms in total. The summed E-state index contributed by atoms with van der Waals surface area (Å²) in [6.45, 7) is 4.23. The SMILES string of the molecule is Cc1ccc(CN2CCN(C(=O)[C@@H]3C[C@@H]4C=C[C@H]3C4)CC2=O)cc1. The maximum Gasteiger partial charge on any atom is 0.242 e. The smallest absolute Gasteiger partial charge is 0.242 e. The highest BCUT2D eigenvalue weighted by atomic mass is 16.2. The van der Waals surface area contributed by atoms with Gasteiger partial charge in [-0.15, -0.1) is 0 Å². The van der Waals surface area contributed by atoms with Crippen LogP contribution in [0.5, 0.6) is 0 Å². The molecule has 0 unspecified atom stereocenters. The molecule has 126 valence electrons. The molecule has 1 heterocycles. The van der Waals surface area contributed by atoms with Crippen molar-refractivity contribution in [1.29, 1.82) is 0 Å². The molecule has 3 aliphatic rings. The molecule has 1 saturated heterocycles. The second-order valence-electron chi connectivity index (χ2n) is 7.45. The Morgan fingerprint density at radius 3 is 2.54 bits per heavy atom. The molecule has 2 amide bonds. The fourth-order valence-corrected chi connectivity index (χ4v) is 4.28. The predicted molar refractivity (Wildman–Crippen MR) is 92.0 cm³/mol. The van der Waals surface area contributed by atoms with Gasteiger partial charge in [0, 0.05) is 25.6 Å². The first-order valence-corrected chi connectivity index (χ1v) is 8.90. The van der Waals surface area contributed by atoms with Crippen LogP contribution in [0.25, 0.3) is 0 Å². The maximum absolute atomic E-state index is 12.8. The van der Waals surface area contributed by atoms with Crippen molar-refractivity contribution in [2.24, 2.45) is 17.8 Å². The van der Waals surface area contributed by atoms with Crippen LogP contribution in [-0.4, -0.2) is 41.2 Å². The standard InChI is InChI=1S/C20H24N2O2/c1-14-2-4-15(5-3-14)12-21-8-9-22(13-19(21)23)20(24)18-11-16-6-7-17(18)10-16/h2-7,16-18H,8-13H2,1H3/t16-,17+,18-/m1/s1. The number of hydrogen-bond acceptors (Lipinski definition) is 2. The zero-order chi connectivity index (χ0) is 16.7. The highest BCUT2D eigenvalue weighted by Gasteiger charge is 2.42. The lowest BCUT2D eigenvalue weighted by molar-refractivity contribution is -0.148. The van der Waals surface area contributed by atoms with Crippen LogP contribution in [0, 0.1) is 24.7 Å². The Hall–Kier alpha value is -2.10. The maximum atomic E-state index is 12.8. The summed E-state index contributed by atoms with van der Waals surface area (Å²) in [5.74, 6) is 1.35. The Morgan fingerprint density at radius 2 is 1.92 bits per heavy atom. The number of carbonyl (C=O) groups is 2. The second kappa shape index (κ2) is 6.08. The van der Waals surface area contributed by atoms with E-state index in [0.29, 0.717) is 31.5 Å². The third-order valence-electron chi connectivity index (χ3n) is 5.72. The molecule has 4 rings (SSSR count). The van der Waals surface area contributed by atoms with Crippen molar-refractivity contribution in [2.75, 3.05) is 19.6 Å². The molecule has 4 heteroatoms. The normalized spacial score (nSPS) is 28.7. The van der Waals surface area contributed by atoms with Crippen molar-refractivity contribution in [3.8, 4) is 0 Å². The summed E-state index contributed by atoms with van der Waals surface area (Å²) in [6, 6.07) is 8.29. The molecule has 24 heavy (non-hydrogen) atoms. The van der Waals surface area contributed by atoms with Gasteiger partial charge in [0.05, 0.1) is 6.54 Å². The van der Waals surface area contributed by atoms with Gasteiger partial charge in [-0.05, 0) is 37.2 Å². The van der Waals surface area contributed by atoms with Crippen molar-refractivity contribution in [3.63, 3.8) is 0 Å². The van der Waals surface area contributed by atoms with Gasteiger partial charge in [-0.2, -0.15) is 0 Å². The largest absolute Gasteiger partial charge is 0.335 e. The van der Waals surface area contributed by atoms with Crippen molar-refractivity contribution < 1.29 is 9.59 Å². The zero-order valence-electron chi connectivity index (χ0n) is 14.1. The number of hydrogen-bond donors (Lipinski definition) is 0. The first-order chi connectivity index (χ1) is 11.6. The van der Waals surface area contributed by atoms with E-state index in [2.05, 4.69) is 43.3 Å². The lowest BCUT2D eigenvalue weighted by atomic mass is 9.92. The Morgan fingerprint density at radius 1 is 1.12 bits per heavy atom. The van der Waals surface area contributed by atoms with E-state index in [0.717, 1.165) is 18.4 Å². The number of fused-ring (bicyclic) bond motifs is 2. The van der Waals surface area contributed by atoms with E-state index in [9.17, 15) is 9.59 Å². The Kier molecular flexibility index (Phi) is 3.91. The minimum atomic E-state index is 0.0638. The minimum Gasteiger partial charge on any atom is -0.335 e. The van der Waals surface area contributed by atoms with Crippen LogP contribution in [0.3, 0.4) is 0 Å². The van der Waals surface area contributed by atoms with Crippen molar-refractivity contribution >= 4 is 11.8 Å². The molecule has 1 saturated carbocycles. The number of benzene rings is 1. The topological polar surface area (TPSA) is 40.6 Å². The Labute approximate surface area is 143 Å². The highest BCUT2D eigenvalue weighted by Crippen LogP contribution is 2.44. The van der Waals surface area contributed by atoms with Gasteiger partial charge in [-0.25, -0.2) is 0 Å². The van der Waals surface area contributed by atoms with E-state index in [1.54, 1.807) is 4.90 Å². The molecular formula is C20H24N2O2. The lowest BCUT2D eigenvalue weighted by Gasteiger charge is -2.36. The second-order valence-corrected chi connectivity index (χ2v) is 7.45. The first kappa shape index (κ1) is 15.4. The van der Waals surface area contributed by atoms with Crippen molar-refractivity contribution in [1.82, 2.24) is 9.80 Å². The minimum absolute atomic E-state index is 0.0638. The average Bonchev–Trinajstić information content (AvgIpc) is 3.21. The third kappa shape index (κ3) is 2.85. The molecule has 2 aliphatic carbocycles. The van der Waals surface area contributed by atoms with Gasteiger partial charge in [-0.3, -0.25) is 9.59 Å². The van der Waals surface area contributed by atoms with Crippen LogP contribution in [0.2, 0.25) is 0 Å². The molecular weight excluding hydrogens is 300 g/mol. The Balaban J connectivity index is 1.36. The molecule has 1 aliphatic heterocycles. The van der Waals surface area contributed by atoms with Gasteiger partial charge in [0.15, 0.2) is 0 Å². The molecule has 0 N–H and O–H groups in total. The number of aryl methyl sites for hydroxylation is 1. The number of nitrogens with zero attached hydrogens (tertiary/aromatic N) is 2.